The number of rotatable bonds is 14. The average molecular weight is 699 g/mol. The second-order valence-corrected chi connectivity index (χ2v) is 12.8. The molecule has 0 saturated carbocycles. The van der Waals surface area contributed by atoms with E-state index in [1.807, 2.05) is 84.9 Å². The highest BCUT2D eigenvalue weighted by atomic mass is 19.1. The molecule has 0 spiro atoms. The maximum absolute atomic E-state index is 13.9. The Bertz CT molecular complexity index is 2070. The van der Waals surface area contributed by atoms with Gasteiger partial charge in [0.05, 0.1) is 12.7 Å². The van der Waals surface area contributed by atoms with Crippen LogP contribution in [0.4, 0.5) is 8.78 Å². The monoisotopic (exact) mass is 698 g/mol. The number of ether oxygens (including phenoxy) is 2. The number of carbonyl (C=O) groups excluding carboxylic acids is 2. The van der Waals surface area contributed by atoms with Crippen LogP contribution in [0.2, 0.25) is 0 Å². The second-order valence-electron chi connectivity index (χ2n) is 12.8. The molecule has 6 aromatic rings. The molecule has 1 aliphatic heterocycles. The van der Waals surface area contributed by atoms with Gasteiger partial charge in [0.2, 0.25) is 6.79 Å². The number of fused-ring (bicyclic) bond motifs is 1. The summed E-state index contributed by atoms with van der Waals surface area (Å²) in [5, 5.41) is 0. The predicted octanol–water partition coefficient (Wildman–Crippen LogP) is 10.6. The van der Waals surface area contributed by atoms with Crippen LogP contribution in [0.1, 0.15) is 48.1 Å². The van der Waals surface area contributed by atoms with Gasteiger partial charge < -0.3 is 13.9 Å². The number of Topliss-reactive ketones (excluding diaryl/α,β-unsaturated/α-hetero) is 2. The molecular weight excluding hydrogens is 658 g/mol. The molecule has 0 atom stereocenters. The van der Waals surface area contributed by atoms with Gasteiger partial charge >= 0.3 is 0 Å². The number of aryl methyl sites for hydroxylation is 2. The molecule has 0 saturated heterocycles. The molecule has 5 nitrogen and oxygen atoms in total. The zero-order chi connectivity index (χ0) is 36.1. The highest BCUT2D eigenvalue weighted by Crippen LogP contribution is 2.33. The van der Waals surface area contributed by atoms with E-state index >= 15 is 0 Å². The Morgan fingerprint density at radius 3 is 1.60 bits per heavy atom. The van der Waals surface area contributed by atoms with Crippen molar-refractivity contribution in [3.63, 3.8) is 0 Å². The molecule has 1 aliphatic rings. The van der Waals surface area contributed by atoms with Crippen LogP contribution >= 0.6 is 0 Å². The van der Waals surface area contributed by atoms with Gasteiger partial charge in [-0.1, -0.05) is 91.0 Å². The summed E-state index contributed by atoms with van der Waals surface area (Å²) >= 11 is 0. The van der Waals surface area contributed by atoms with Crippen molar-refractivity contribution in [2.45, 2.75) is 51.4 Å². The van der Waals surface area contributed by atoms with Crippen LogP contribution in [0, 0.1) is 11.6 Å². The van der Waals surface area contributed by atoms with Crippen molar-refractivity contribution >= 4 is 11.6 Å². The van der Waals surface area contributed by atoms with Gasteiger partial charge in [0, 0.05) is 30.4 Å². The van der Waals surface area contributed by atoms with Gasteiger partial charge in [-0.15, -0.1) is 0 Å². The lowest BCUT2D eigenvalue weighted by Crippen LogP contribution is -2.03. The third kappa shape index (κ3) is 10.1. The first-order chi connectivity index (χ1) is 25.4. The SMILES string of the molecule is O=C(CCCc1ccc(-c2ccccc2F)cc1)Cc1ccc2c(c1)OCO2.O=C(CCCc1ccc(-c2ccccc2F)cc1)Cc1ccco1. The van der Waals surface area contributed by atoms with Crippen molar-refractivity contribution < 1.29 is 32.3 Å². The zero-order valence-corrected chi connectivity index (χ0v) is 28.9. The van der Waals surface area contributed by atoms with Gasteiger partial charge in [0.25, 0.3) is 0 Å². The Hall–Kier alpha value is -5.82. The predicted molar refractivity (Wildman–Crippen MR) is 198 cm³/mol. The quantitative estimate of drug-likeness (QED) is 0.113. The third-order valence-corrected chi connectivity index (χ3v) is 8.91. The van der Waals surface area contributed by atoms with Crippen LogP contribution in [0.15, 0.2) is 138 Å². The Kier molecular flexibility index (Phi) is 12.4. The van der Waals surface area contributed by atoms with Crippen molar-refractivity contribution in [2.24, 2.45) is 0 Å². The fourth-order valence-corrected chi connectivity index (χ4v) is 6.13. The van der Waals surface area contributed by atoms with Crippen LogP contribution in [0.5, 0.6) is 11.5 Å². The van der Waals surface area contributed by atoms with E-state index in [0.717, 1.165) is 59.3 Å². The highest BCUT2D eigenvalue weighted by Gasteiger charge is 2.15. The van der Waals surface area contributed by atoms with Gasteiger partial charge in [-0.25, -0.2) is 8.78 Å². The summed E-state index contributed by atoms with van der Waals surface area (Å²) in [6.07, 6.45) is 6.67. The molecule has 7 heteroatoms. The summed E-state index contributed by atoms with van der Waals surface area (Å²) in [5.74, 6) is 2.12. The first-order valence-corrected chi connectivity index (χ1v) is 17.5. The lowest BCUT2D eigenvalue weighted by Gasteiger charge is -2.06. The maximum atomic E-state index is 13.9. The number of benzene rings is 5. The molecule has 0 amide bonds. The molecule has 2 heterocycles. The molecular formula is C45H40F2O5. The van der Waals surface area contributed by atoms with Gasteiger partial charge in [-0.05, 0) is 89.9 Å². The maximum Gasteiger partial charge on any atom is 0.231 e. The third-order valence-electron chi connectivity index (χ3n) is 8.91. The first kappa shape index (κ1) is 36.0. The van der Waals surface area contributed by atoms with Crippen molar-refractivity contribution in [3.05, 3.63) is 168 Å². The smallest absolute Gasteiger partial charge is 0.231 e. The fourth-order valence-electron chi connectivity index (χ4n) is 6.13. The van der Waals surface area contributed by atoms with Gasteiger partial charge in [-0.3, -0.25) is 9.59 Å². The number of hydrogen-bond donors (Lipinski definition) is 0. The summed E-state index contributed by atoms with van der Waals surface area (Å²) in [5.41, 5.74) is 6.19. The minimum atomic E-state index is -0.218. The molecule has 0 unspecified atom stereocenters. The Balaban J connectivity index is 0.000000181. The fraction of sp³-hybridized carbons (Fsp3) is 0.200. The van der Waals surface area contributed by atoms with Crippen LogP contribution in [-0.2, 0) is 35.3 Å². The summed E-state index contributed by atoms with van der Waals surface area (Å²) < 4.78 is 43.5. The molecule has 0 radical (unpaired) electrons. The minimum Gasteiger partial charge on any atom is -0.469 e. The standard InChI is InChI=1S/C24H21FO3.C21H19FO2/c25-22-7-2-1-6-21(22)19-11-8-17(9-12-19)4-3-5-20(26)14-18-10-13-23-24(15-18)28-16-27-23;22-21-9-2-1-8-20(21)17-12-10-16(11-13-17)5-3-6-18(23)15-19-7-4-14-24-19/h1-2,6-13,15H,3-5,14,16H2;1-2,4,7-14H,3,5-6,15H2. The number of hydrogen-bond acceptors (Lipinski definition) is 5. The normalized spacial score (nSPS) is 11.5. The Morgan fingerprint density at radius 2 is 1.06 bits per heavy atom. The van der Waals surface area contributed by atoms with E-state index in [9.17, 15) is 18.4 Å². The molecule has 7 rings (SSSR count). The number of halogens is 2. The van der Waals surface area contributed by atoms with E-state index in [2.05, 4.69) is 0 Å². The van der Waals surface area contributed by atoms with E-state index in [1.54, 1.807) is 36.6 Å². The van der Waals surface area contributed by atoms with Gasteiger partial charge in [-0.2, -0.15) is 0 Å². The minimum absolute atomic E-state index is 0.188. The highest BCUT2D eigenvalue weighted by molar-refractivity contribution is 5.81. The van der Waals surface area contributed by atoms with E-state index in [1.165, 1.54) is 12.1 Å². The van der Waals surface area contributed by atoms with Crippen molar-refractivity contribution in [1.82, 2.24) is 0 Å². The zero-order valence-electron chi connectivity index (χ0n) is 28.9. The second kappa shape index (κ2) is 17.9. The van der Waals surface area contributed by atoms with E-state index in [4.69, 9.17) is 13.9 Å². The van der Waals surface area contributed by atoms with Crippen molar-refractivity contribution in [2.75, 3.05) is 6.79 Å². The van der Waals surface area contributed by atoms with E-state index in [0.29, 0.717) is 48.3 Å². The van der Waals surface area contributed by atoms with Crippen LogP contribution in [-0.4, -0.2) is 18.4 Å². The number of ketones is 2. The summed E-state index contributed by atoms with van der Waals surface area (Å²) in [6, 6.07) is 38.5. The van der Waals surface area contributed by atoms with Crippen LogP contribution in [0.25, 0.3) is 22.3 Å². The van der Waals surface area contributed by atoms with E-state index < -0.39 is 0 Å². The molecule has 0 bridgehead atoms. The molecule has 0 N–H and O–H groups in total. The Morgan fingerprint density at radius 1 is 0.538 bits per heavy atom. The van der Waals surface area contributed by atoms with Crippen LogP contribution < -0.4 is 9.47 Å². The molecule has 264 valence electrons. The number of carbonyl (C=O) groups is 2. The lowest BCUT2D eigenvalue weighted by atomic mass is 9.99. The topological polar surface area (TPSA) is 65.7 Å². The molecule has 0 fully saturated rings. The largest absolute Gasteiger partial charge is 0.469 e. The van der Waals surface area contributed by atoms with E-state index in [-0.39, 0.29) is 30.0 Å². The number of furan rings is 1. The van der Waals surface area contributed by atoms with Crippen LogP contribution in [0.3, 0.4) is 0 Å². The molecule has 0 aliphatic carbocycles. The lowest BCUT2D eigenvalue weighted by molar-refractivity contribution is -0.119. The van der Waals surface area contributed by atoms with Crippen molar-refractivity contribution in [3.8, 4) is 33.8 Å². The molecule has 52 heavy (non-hydrogen) atoms. The molecule has 1 aromatic heterocycles. The summed E-state index contributed by atoms with van der Waals surface area (Å²) in [6.45, 7) is 0.239. The summed E-state index contributed by atoms with van der Waals surface area (Å²) in [4.78, 5) is 24.1. The first-order valence-electron chi connectivity index (χ1n) is 17.5. The Labute approximate surface area is 302 Å². The molecule has 5 aromatic carbocycles. The average Bonchev–Trinajstić information content (AvgIpc) is 3.85. The summed E-state index contributed by atoms with van der Waals surface area (Å²) in [7, 11) is 0. The van der Waals surface area contributed by atoms with Crippen molar-refractivity contribution in [1.29, 1.82) is 0 Å². The van der Waals surface area contributed by atoms with Gasteiger partial charge in [0.1, 0.15) is 29.0 Å². The van der Waals surface area contributed by atoms with Gasteiger partial charge in [0.15, 0.2) is 11.5 Å².